The number of thiophene rings is 1. The Hall–Kier alpha value is -0.470. The van der Waals surface area contributed by atoms with E-state index in [0.717, 1.165) is 16.2 Å². The third-order valence-electron chi connectivity index (χ3n) is 3.16. The maximum absolute atomic E-state index is 12.7. The normalized spacial score (nSPS) is 22.4. The smallest absolute Gasteiger partial charge is 0.244 e. The third kappa shape index (κ3) is 3.17. The van der Waals surface area contributed by atoms with E-state index < -0.39 is 10.0 Å². The second-order valence-corrected chi connectivity index (χ2v) is 7.98. The van der Waals surface area contributed by atoms with Crippen molar-refractivity contribution in [3.05, 3.63) is 15.8 Å². The number of nitrogens with zero attached hydrogens (tertiary/aromatic N) is 1. The fourth-order valence-corrected chi connectivity index (χ4v) is 5.23. The first-order chi connectivity index (χ1) is 8.95. The number of hydrogen-bond acceptors (Lipinski definition) is 5. The Balaban J connectivity index is 2.32. The number of rotatable bonds is 3. The van der Waals surface area contributed by atoms with Crippen LogP contribution in [0.4, 0.5) is 0 Å². The minimum atomic E-state index is -3.43. The quantitative estimate of drug-likeness (QED) is 0.914. The first-order valence-corrected chi connectivity index (χ1v) is 8.62. The van der Waals surface area contributed by atoms with E-state index in [2.05, 4.69) is 0 Å². The maximum atomic E-state index is 12.7. The molecule has 0 amide bonds. The molecule has 1 aromatic heterocycles. The van der Waals surface area contributed by atoms with Crippen molar-refractivity contribution in [1.29, 1.82) is 0 Å². The van der Waals surface area contributed by atoms with Gasteiger partial charge < -0.3 is 10.5 Å². The molecule has 1 atom stereocenters. The standard InChI is InChI=1S/C12H20N2O3S2/c1-9-8-14(4-3-5-17-9)19(15,16)12-6-11(7-13)18-10(12)2/h6,9H,3-5,7-8,13H2,1-2H3. The second kappa shape index (κ2) is 5.88. The monoisotopic (exact) mass is 304 g/mol. The Kier molecular flexibility index (Phi) is 4.62. The topological polar surface area (TPSA) is 72.6 Å². The van der Waals surface area contributed by atoms with Crippen molar-refractivity contribution in [2.24, 2.45) is 5.73 Å². The minimum Gasteiger partial charge on any atom is -0.377 e. The van der Waals surface area contributed by atoms with Crippen molar-refractivity contribution in [2.45, 2.75) is 37.8 Å². The van der Waals surface area contributed by atoms with Crippen molar-refractivity contribution in [2.75, 3.05) is 19.7 Å². The van der Waals surface area contributed by atoms with Crippen LogP contribution in [0, 0.1) is 6.92 Å². The highest BCUT2D eigenvalue weighted by molar-refractivity contribution is 7.89. The predicted octanol–water partition coefficient (Wildman–Crippen LogP) is 1.31. The van der Waals surface area contributed by atoms with Crippen LogP contribution in [-0.2, 0) is 21.3 Å². The molecule has 2 N–H and O–H groups in total. The van der Waals surface area contributed by atoms with E-state index in [9.17, 15) is 8.42 Å². The Morgan fingerprint density at radius 3 is 2.95 bits per heavy atom. The van der Waals surface area contributed by atoms with Crippen LogP contribution in [0.5, 0.6) is 0 Å². The lowest BCUT2D eigenvalue weighted by Gasteiger charge is -2.21. The van der Waals surface area contributed by atoms with Crippen molar-refractivity contribution >= 4 is 21.4 Å². The molecule has 7 heteroatoms. The zero-order chi connectivity index (χ0) is 14.0. The summed E-state index contributed by atoms with van der Waals surface area (Å²) >= 11 is 1.45. The predicted molar refractivity (Wildman–Crippen MR) is 75.7 cm³/mol. The summed E-state index contributed by atoms with van der Waals surface area (Å²) in [5.41, 5.74) is 5.58. The molecular formula is C12H20N2O3S2. The molecular weight excluding hydrogens is 284 g/mol. The SMILES string of the molecule is Cc1sc(CN)cc1S(=O)(=O)N1CCCOC(C)C1. The van der Waals surface area contributed by atoms with E-state index in [1.54, 1.807) is 6.07 Å². The van der Waals surface area contributed by atoms with Gasteiger partial charge in [-0.1, -0.05) is 0 Å². The van der Waals surface area contributed by atoms with E-state index in [0.29, 0.717) is 31.1 Å². The largest absolute Gasteiger partial charge is 0.377 e. The number of hydrogen-bond donors (Lipinski definition) is 1. The zero-order valence-corrected chi connectivity index (χ0v) is 12.9. The molecule has 1 aliphatic rings. The van der Waals surface area contributed by atoms with Crippen molar-refractivity contribution in [3.63, 3.8) is 0 Å². The van der Waals surface area contributed by atoms with Gasteiger partial charge in [-0.25, -0.2) is 8.42 Å². The van der Waals surface area contributed by atoms with Crippen LogP contribution in [0.25, 0.3) is 0 Å². The first-order valence-electron chi connectivity index (χ1n) is 6.36. The van der Waals surface area contributed by atoms with Crippen molar-refractivity contribution < 1.29 is 13.2 Å². The lowest BCUT2D eigenvalue weighted by Crippen LogP contribution is -2.36. The van der Waals surface area contributed by atoms with E-state index in [4.69, 9.17) is 10.5 Å². The number of sulfonamides is 1. The number of aryl methyl sites for hydroxylation is 1. The average molecular weight is 304 g/mol. The van der Waals surface area contributed by atoms with Gasteiger partial charge in [-0.05, 0) is 26.3 Å². The Morgan fingerprint density at radius 2 is 2.32 bits per heavy atom. The molecule has 2 heterocycles. The molecule has 1 unspecified atom stereocenters. The van der Waals surface area contributed by atoms with Gasteiger partial charge in [0.2, 0.25) is 10.0 Å². The van der Waals surface area contributed by atoms with Crippen LogP contribution < -0.4 is 5.73 Å². The number of nitrogens with two attached hydrogens (primary N) is 1. The fourth-order valence-electron chi connectivity index (χ4n) is 2.19. The van der Waals surface area contributed by atoms with Crippen molar-refractivity contribution in [3.8, 4) is 0 Å². The molecule has 1 fully saturated rings. The maximum Gasteiger partial charge on any atom is 0.244 e. The Labute approximate surface area is 118 Å². The molecule has 108 valence electrons. The molecule has 2 rings (SSSR count). The second-order valence-electron chi connectivity index (χ2n) is 4.74. The summed E-state index contributed by atoms with van der Waals surface area (Å²) in [7, 11) is -3.43. The van der Waals surface area contributed by atoms with Crippen LogP contribution in [0.2, 0.25) is 0 Å². The van der Waals surface area contributed by atoms with Crippen LogP contribution in [-0.4, -0.2) is 38.5 Å². The summed E-state index contributed by atoms with van der Waals surface area (Å²) < 4.78 is 32.4. The lowest BCUT2D eigenvalue weighted by atomic mass is 10.4. The summed E-state index contributed by atoms with van der Waals surface area (Å²) in [4.78, 5) is 2.10. The van der Waals surface area contributed by atoms with Crippen LogP contribution in [0.15, 0.2) is 11.0 Å². The highest BCUT2D eigenvalue weighted by Crippen LogP contribution is 2.28. The Bertz CT molecular complexity index is 539. The molecule has 19 heavy (non-hydrogen) atoms. The Morgan fingerprint density at radius 1 is 1.58 bits per heavy atom. The first kappa shape index (κ1) is 14.9. The van der Waals surface area contributed by atoms with Gasteiger partial charge in [0, 0.05) is 36.0 Å². The molecule has 1 saturated heterocycles. The summed E-state index contributed by atoms with van der Waals surface area (Å²) in [6, 6.07) is 1.70. The lowest BCUT2D eigenvalue weighted by molar-refractivity contribution is 0.0752. The van der Waals surface area contributed by atoms with Gasteiger partial charge in [0.05, 0.1) is 11.0 Å². The molecule has 0 radical (unpaired) electrons. The molecule has 0 bridgehead atoms. The van der Waals surface area contributed by atoms with Gasteiger partial charge in [-0.15, -0.1) is 11.3 Å². The minimum absolute atomic E-state index is 0.0646. The molecule has 1 aliphatic heterocycles. The van der Waals surface area contributed by atoms with Gasteiger partial charge in [0.1, 0.15) is 0 Å². The van der Waals surface area contributed by atoms with E-state index >= 15 is 0 Å². The van der Waals surface area contributed by atoms with E-state index in [1.165, 1.54) is 15.6 Å². The summed E-state index contributed by atoms with van der Waals surface area (Å²) in [5.74, 6) is 0. The molecule has 0 saturated carbocycles. The summed E-state index contributed by atoms with van der Waals surface area (Å²) in [6.45, 7) is 5.65. The average Bonchev–Trinajstić information content (AvgIpc) is 2.60. The molecule has 5 nitrogen and oxygen atoms in total. The highest BCUT2D eigenvalue weighted by Gasteiger charge is 2.30. The van der Waals surface area contributed by atoms with Crippen LogP contribution in [0.3, 0.4) is 0 Å². The van der Waals surface area contributed by atoms with Crippen LogP contribution >= 0.6 is 11.3 Å². The van der Waals surface area contributed by atoms with Gasteiger partial charge in [-0.2, -0.15) is 4.31 Å². The van der Waals surface area contributed by atoms with E-state index in [-0.39, 0.29) is 6.10 Å². The summed E-state index contributed by atoms with van der Waals surface area (Å²) in [6.07, 6.45) is 0.668. The number of ether oxygens (including phenoxy) is 1. The molecule has 0 aromatic carbocycles. The van der Waals surface area contributed by atoms with Gasteiger partial charge in [0.25, 0.3) is 0 Å². The molecule has 0 aliphatic carbocycles. The molecule has 0 spiro atoms. The van der Waals surface area contributed by atoms with Gasteiger partial charge in [0.15, 0.2) is 0 Å². The van der Waals surface area contributed by atoms with Crippen molar-refractivity contribution in [1.82, 2.24) is 4.31 Å². The highest BCUT2D eigenvalue weighted by atomic mass is 32.2. The van der Waals surface area contributed by atoms with Crippen LogP contribution in [0.1, 0.15) is 23.1 Å². The third-order valence-corrected chi connectivity index (χ3v) is 6.35. The van der Waals surface area contributed by atoms with Gasteiger partial charge >= 0.3 is 0 Å². The zero-order valence-electron chi connectivity index (χ0n) is 11.3. The van der Waals surface area contributed by atoms with Gasteiger partial charge in [-0.3, -0.25) is 0 Å². The summed E-state index contributed by atoms with van der Waals surface area (Å²) in [5, 5.41) is 0. The molecule has 1 aromatic rings. The van der Waals surface area contributed by atoms with E-state index in [1.807, 2.05) is 13.8 Å². The fraction of sp³-hybridized carbons (Fsp3) is 0.667.